The van der Waals surface area contributed by atoms with Crippen molar-refractivity contribution in [1.82, 2.24) is 5.32 Å². The Bertz CT molecular complexity index is 474. The third kappa shape index (κ3) is 2.97. The van der Waals surface area contributed by atoms with Crippen molar-refractivity contribution in [3.05, 3.63) is 41.0 Å². The molecule has 0 aliphatic carbocycles. The number of rotatable bonds is 4. The first-order valence-electron chi connectivity index (χ1n) is 5.99. The maximum atomic E-state index is 12.0. The van der Waals surface area contributed by atoms with E-state index >= 15 is 0 Å². The minimum atomic E-state index is -0.0268. The Labute approximate surface area is 107 Å². The van der Waals surface area contributed by atoms with Gasteiger partial charge in [-0.15, -0.1) is 0 Å². The van der Waals surface area contributed by atoms with Gasteiger partial charge < -0.3 is 15.4 Å². The van der Waals surface area contributed by atoms with Crippen LogP contribution in [0.1, 0.15) is 12.5 Å². The molecule has 96 valence electrons. The van der Waals surface area contributed by atoms with Crippen LogP contribution in [-0.4, -0.2) is 26.1 Å². The molecule has 1 aromatic rings. The second-order valence-corrected chi connectivity index (χ2v) is 4.42. The van der Waals surface area contributed by atoms with Crippen LogP contribution in [0.4, 0.5) is 5.69 Å². The van der Waals surface area contributed by atoms with Gasteiger partial charge in [0, 0.05) is 31.5 Å². The van der Waals surface area contributed by atoms with Crippen LogP contribution >= 0.6 is 0 Å². The number of methoxy groups -OCH3 is 1. The first-order chi connectivity index (χ1) is 8.70. The number of nitrogens with one attached hydrogen (secondary N) is 2. The van der Waals surface area contributed by atoms with E-state index in [9.17, 15) is 4.79 Å². The summed E-state index contributed by atoms with van der Waals surface area (Å²) in [5.41, 5.74) is 3.85. The summed E-state index contributed by atoms with van der Waals surface area (Å²) >= 11 is 0. The smallest absolute Gasteiger partial charge is 0.251 e. The van der Waals surface area contributed by atoms with Gasteiger partial charge in [0.2, 0.25) is 0 Å². The quantitative estimate of drug-likeness (QED) is 0.795. The third-order valence-electron chi connectivity index (χ3n) is 3.04. The molecule has 0 unspecified atom stereocenters. The molecule has 18 heavy (non-hydrogen) atoms. The highest BCUT2D eigenvalue weighted by atomic mass is 16.5. The molecule has 1 saturated heterocycles. The van der Waals surface area contributed by atoms with Crippen LogP contribution in [0.3, 0.4) is 0 Å². The summed E-state index contributed by atoms with van der Waals surface area (Å²) in [6.07, 6.45) is 0. The van der Waals surface area contributed by atoms with Crippen LogP contribution in [0.5, 0.6) is 0 Å². The summed E-state index contributed by atoms with van der Waals surface area (Å²) in [7, 11) is 1.66. The molecule has 1 amide bonds. The molecule has 0 bridgehead atoms. The molecule has 1 aliphatic heterocycles. The van der Waals surface area contributed by atoms with Crippen molar-refractivity contribution in [2.24, 2.45) is 0 Å². The molecule has 2 rings (SSSR count). The predicted molar refractivity (Wildman–Crippen MR) is 71.4 cm³/mol. The molecule has 0 radical (unpaired) electrons. The lowest BCUT2D eigenvalue weighted by molar-refractivity contribution is -0.112. The van der Waals surface area contributed by atoms with Crippen molar-refractivity contribution in [1.29, 1.82) is 0 Å². The zero-order valence-corrected chi connectivity index (χ0v) is 10.7. The lowest BCUT2D eigenvalue weighted by Gasteiger charge is -2.21. The minimum Gasteiger partial charge on any atom is -0.380 e. The SMILES string of the molecule is COCc1cccc(NC(=O)C(C)=C2CNC2)c1. The van der Waals surface area contributed by atoms with E-state index in [1.54, 1.807) is 7.11 Å². The van der Waals surface area contributed by atoms with Crippen LogP contribution in [0.25, 0.3) is 0 Å². The predicted octanol–water partition coefficient (Wildman–Crippen LogP) is 1.69. The summed E-state index contributed by atoms with van der Waals surface area (Å²) in [5.74, 6) is -0.0268. The standard InChI is InChI=1S/C14H18N2O2/c1-10(12-7-15-8-12)14(17)16-13-5-3-4-11(6-13)9-18-2/h3-6,15H,7-9H2,1-2H3,(H,16,17). The number of ether oxygens (including phenoxy) is 1. The highest BCUT2D eigenvalue weighted by Gasteiger charge is 2.15. The molecule has 1 aromatic carbocycles. The molecule has 0 spiro atoms. The fourth-order valence-electron chi connectivity index (χ4n) is 1.81. The molecule has 0 atom stereocenters. The second-order valence-electron chi connectivity index (χ2n) is 4.42. The second kappa shape index (κ2) is 5.80. The van der Waals surface area contributed by atoms with Gasteiger partial charge in [-0.3, -0.25) is 4.79 Å². The van der Waals surface area contributed by atoms with Gasteiger partial charge in [-0.1, -0.05) is 12.1 Å². The molecule has 1 fully saturated rings. The first-order valence-corrected chi connectivity index (χ1v) is 5.99. The van der Waals surface area contributed by atoms with Crippen LogP contribution in [0, 0.1) is 0 Å². The van der Waals surface area contributed by atoms with Crippen molar-refractivity contribution in [3.63, 3.8) is 0 Å². The Balaban J connectivity index is 2.04. The molecule has 2 N–H and O–H groups in total. The van der Waals surface area contributed by atoms with E-state index in [1.165, 1.54) is 5.57 Å². The number of benzene rings is 1. The minimum absolute atomic E-state index is 0.0268. The largest absolute Gasteiger partial charge is 0.380 e. The van der Waals surface area contributed by atoms with E-state index in [2.05, 4.69) is 10.6 Å². The molecule has 1 aliphatic rings. The van der Waals surface area contributed by atoms with Crippen LogP contribution in [-0.2, 0) is 16.1 Å². The molecule has 0 aromatic heterocycles. The summed E-state index contributed by atoms with van der Waals surface area (Å²) in [5, 5.41) is 6.04. The summed E-state index contributed by atoms with van der Waals surface area (Å²) in [6, 6.07) is 7.70. The number of anilines is 1. The third-order valence-corrected chi connectivity index (χ3v) is 3.04. The fourth-order valence-corrected chi connectivity index (χ4v) is 1.81. The number of hydrogen-bond donors (Lipinski definition) is 2. The first kappa shape index (κ1) is 12.8. The maximum absolute atomic E-state index is 12.0. The number of hydrogen-bond acceptors (Lipinski definition) is 3. The van der Waals surface area contributed by atoms with Crippen molar-refractivity contribution >= 4 is 11.6 Å². The number of amides is 1. The van der Waals surface area contributed by atoms with E-state index in [4.69, 9.17) is 4.74 Å². The van der Waals surface area contributed by atoms with E-state index in [0.717, 1.165) is 29.9 Å². The summed E-state index contributed by atoms with van der Waals surface area (Å²) in [4.78, 5) is 12.0. The summed E-state index contributed by atoms with van der Waals surface area (Å²) in [6.45, 7) is 4.06. The maximum Gasteiger partial charge on any atom is 0.251 e. The molecular weight excluding hydrogens is 228 g/mol. The Morgan fingerprint density at radius 3 is 2.83 bits per heavy atom. The number of carbonyl (C=O) groups excluding carboxylic acids is 1. The van der Waals surface area contributed by atoms with Gasteiger partial charge in [0.05, 0.1) is 6.61 Å². The van der Waals surface area contributed by atoms with Crippen LogP contribution in [0.2, 0.25) is 0 Å². The molecule has 1 heterocycles. The van der Waals surface area contributed by atoms with E-state index in [1.807, 2.05) is 31.2 Å². The number of carbonyl (C=O) groups is 1. The van der Waals surface area contributed by atoms with E-state index < -0.39 is 0 Å². The van der Waals surface area contributed by atoms with Gasteiger partial charge in [0.25, 0.3) is 5.91 Å². The Hall–Kier alpha value is -1.65. The molecular formula is C14H18N2O2. The van der Waals surface area contributed by atoms with E-state index in [-0.39, 0.29) is 5.91 Å². The van der Waals surface area contributed by atoms with Gasteiger partial charge in [-0.05, 0) is 30.2 Å². The average Bonchev–Trinajstić information content (AvgIpc) is 2.27. The zero-order valence-electron chi connectivity index (χ0n) is 10.7. The van der Waals surface area contributed by atoms with Crippen LogP contribution in [0.15, 0.2) is 35.4 Å². The van der Waals surface area contributed by atoms with Gasteiger partial charge in [-0.2, -0.15) is 0 Å². The normalized spacial score (nSPS) is 14.0. The highest BCUT2D eigenvalue weighted by Crippen LogP contribution is 2.15. The summed E-state index contributed by atoms with van der Waals surface area (Å²) < 4.78 is 5.07. The Kier molecular flexibility index (Phi) is 4.12. The lowest BCUT2D eigenvalue weighted by Crippen LogP contribution is -2.36. The van der Waals surface area contributed by atoms with Crippen LogP contribution < -0.4 is 10.6 Å². The molecule has 0 saturated carbocycles. The monoisotopic (exact) mass is 246 g/mol. The zero-order chi connectivity index (χ0) is 13.0. The highest BCUT2D eigenvalue weighted by molar-refractivity contribution is 6.04. The van der Waals surface area contributed by atoms with Crippen molar-refractivity contribution in [2.75, 3.05) is 25.5 Å². The van der Waals surface area contributed by atoms with Crippen molar-refractivity contribution in [2.45, 2.75) is 13.5 Å². The molecule has 4 nitrogen and oxygen atoms in total. The average molecular weight is 246 g/mol. The Morgan fingerprint density at radius 2 is 2.22 bits per heavy atom. The Morgan fingerprint density at radius 1 is 1.44 bits per heavy atom. The van der Waals surface area contributed by atoms with Gasteiger partial charge in [0.1, 0.15) is 0 Å². The topological polar surface area (TPSA) is 50.4 Å². The fraction of sp³-hybridized carbons (Fsp3) is 0.357. The molecule has 4 heteroatoms. The van der Waals surface area contributed by atoms with Crippen molar-refractivity contribution < 1.29 is 9.53 Å². The van der Waals surface area contributed by atoms with Gasteiger partial charge in [0.15, 0.2) is 0 Å². The van der Waals surface area contributed by atoms with Gasteiger partial charge >= 0.3 is 0 Å². The van der Waals surface area contributed by atoms with E-state index in [0.29, 0.717) is 6.61 Å². The lowest BCUT2D eigenvalue weighted by atomic mass is 10.0. The van der Waals surface area contributed by atoms with Gasteiger partial charge in [-0.25, -0.2) is 0 Å². The van der Waals surface area contributed by atoms with Crippen molar-refractivity contribution in [3.8, 4) is 0 Å².